The lowest BCUT2D eigenvalue weighted by Gasteiger charge is -2.40. The van der Waals surface area contributed by atoms with E-state index in [0.717, 1.165) is 30.3 Å². The van der Waals surface area contributed by atoms with E-state index in [1.165, 1.54) is 38.5 Å². The Morgan fingerprint density at radius 1 is 1.12 bits per heavy atom. The van der Waals surface area contributed by atoms with Gasteiger partial charge in [-0.2, -0.15) is 0 Å². The molecule has 1 nitrogen and oxygen atoms in total. The average Bonchev–Trinajstić information content (AvgIpc) is 2.35. The van der Waals surface area contributed by atoms with E-state index in [-0.39, 0.29) is 0 Å². The summed E-state index contributed by atoms with van der Waals surface area (Å²) in [4.78, 5) is 0. The van der Waals surface area contributed by atoms with Gasteiger partial charge in [-0.15, -0.1) is 0 Å². The highest BCUT2D eigenvalue weighted by molar-refractivity contribution is 4.87. The zero-order valence-corrected chi connectivity index (χ0v) is 11.8. The van der Waals surface area contributed by atoms with Crippen LogP contribution in [-0.4, -0.2) is 12.6 Å². The zero-order valence-electron chi connectivity index (χ0n) is 11.8. The fourth-order valence-corrected chi connectivity index (χ4v) is 3.48. The van der Waals surface area contributed by atoms with Gasteiger partial charge in [-0.05, 0) is 30.7 Å². The van der Waals surface area contributed by atoms with Gasteiger partial charge in [0.05, 0.1) is 0 Å². The molecule has 1 aliphatic carbocycles. The summed E-state index contributed by atoms with van der Waals surface area (Å²) in [6, 6.07) is 0.764. The molecule has 1 fully saturated rings. The average molecular weight is 225 g/mol. The minimum atomic E-state index is 0.764. The molecule has 0 spiro atoms. The third-order valence-corrected chi connectivity index (χ3v) is 4.65. The van der Waals surface area contributed by atoms with Gasteiger partial charge >= 0.3 is 0 Å². The third kappa shape index (κ3) is 3.48. The molecular weight excluding hydrogens is 194 g/mol. The molecule has 0 aromatic carbocycles. The lowest BCUT2D eigenvalue weighted by molar-refractivity contribution is 0.141. The van der Waals surface area contributed by atoms with Gasteiger partial charge in [-0.25, -0.2) is 0 Å². The fraction of sp³-hybridized carbons (Fsp3) is 1.00. The maximum absolute atomic E-state index is 3.77. The molecule has 96 valence electrons. The molecule has 4 unspecified atom stereocenters. The molecule has 0 saturated heterocycles. The molecule has 4 atom stereocenters. The first-order valence-electron chi connectivity index (χ1n) is 7.47. The summed E-state index contributed by atoms with van der Waals surface area (Å²) >= 11 is 0. The molecular formula is C15H31N. The van der Waals surface area contributed by atoms with Crippen molar-refractivity contribution in [3.05, 3.63) is 0 Å². The van der Waals surface area contributed by atoms with Crippen molar-refractivity contribution in [2.45, 2.75) is 72.3 Å². The van der Waals surface area contributed by atoms with Crippen LogP contribution in [0.5, 0.6) is 0 Å². The second-order valence-electron chi connectivity index (χ2n) is 5.59. The lowest BCUT2D eigenvalue weighted by atomic mass is 9.70. The summed E-state index contributed by atoms with van der Waals surface area (Å²) < 4.78 is 0. The summed E-state index contributed by atoms with van der Waals surface area (Å²) in [6.07, 6.45) is 8.54. The second-order valence-corrected chi connectivity index (χ2v) is 5.59. The highest BCUT2D eigenvalue weighted by Gasteiger charge is 2.32. The smallest absolute Gasteiger partial charge is 0.0123 e. The predicted molar refractivity (Wildman–Crippen MR) is 72.7 cm³/mol. The molecule has 0 bridgehead atoms. The number of nitrogens with one attached hydrogen (secondary N) is 1. The van der Waals surface area contributed by atoms with Gasteiger partial charge < -0.3 is 5.32 Å². The molecule has 16 heavy (non-hydrogen) atoms. The minimum Gasteiger partial charge on any atom is -0.314 e. The summed E-state index contributed by atoms with van der Waals surface area (Å²) in [5.41, 5.74) is 0. The Morgan fingerprint density at radius 2 is 1.81 bits per heavy atom. The Balaban J connectivity index is 2.65. The maximum Gasteiger partial charge on any atom is 0.0123 e. The summed E-state index contributed by atoms with van der Waals surface area (Å²) in [6.45, 7) is 10.5. The largest absolute Gasteiger partial charge is 0.314 e. The van der Waals surface area contributed by atoms with Crippen LogP contribution >= 0.6 is 0 Å². The van der Waals surface area contributed by atoms with Gasteiger partial charge in [0.15, 0.2) is 0 Å². The molecule has 1 saturated carbocycles. The van der Waals surface area contributed by atoms with Crippen LogP contribution in [-0.2, 0) is 0 Å². The second kappa shape index (κ2) is 7.32. The quantitative estimate of drug-likeness (QED) is 0.713. The van der Waals surface area contributed by atoms with Gasteiger partial charge in [0.25, 0.3) is 0 Å². The maximum atomic E-state index is 3.77. The van der Waals surface area contributed by atoms with Crippen LogP contribution < -0.4 is 5.32 Å². The normalized spacial score (nSPS) is 30.0. The Kier molecular flexibility index (Phi) is 6.41. The van der Waals surface area contributed by atoms with Crippen LogP contribution in [0, 0.1) is 17.8 Å². The van der Waals surface area contributed by atoms with Crippen molar-refractivity contribution in [3.8, 4) is 0 Å². The van der Waals surface area contributed by atoms with Crippen LogP contribution in [0.15, 0.2) is 0 Å². The molecule has 1 aliphatic rings. The highest BCUT2D eigenvalue weighted by Crippen LogP contribution is 2.37. The van der Waals surface area contributed by atoms with E-state index in [1.807, 2.05) is 0 Å². The SMILES string of the molecule is CCNC(C(C)CC)C1CCCCC1CC. The first-order chi connectivity index (χ1) is 7.74. The van der Waals surface area contributed by atoms with Crippen LogP contribution in [0.1, 0.15) is 66.2 Å². The van der Waals surface area contributed by atoms with Crippen molar-refractivity contribution in [1.29, 1.82) is 0 Å². The van der Waals surface area contributed by atoms with E-state index >= 15 is 0 Å². The predicted octanol–water partition coefficient (Wildman–Crippen LogP) is 4.23. The van der Waals surface area contributed by atoms with Crippen molar-refractivity contribution in [3.63, 3.8) is 0 Å². The van der Waals surface area contributed by atoms with Gasteiger partial charge in [0, 0.05) is 6.04 Å². The van der Waals surface area contributed by atoms with Crippen molar-refractivity contribution >= 4 is 0 Å². The van der Waals surface area contributed by atoms with E-state index in [2.05, 4.69) is 33.0 Å². The van der Waals surface area contributed by atoms with E-state index in [0.29, 0.717) is 0 Å². The lowest BCUT2D eigenvalue weighted by Crippen LogP contribution is -2.45. The number of hydrogen-bond donors (Lipinski definition) is 1. The summed E-state index contributed by atoms with van der Waals surface area (Å²) in [7, 11) is 0. The summed E-state index contributed by atoms with van der Waals surface area (Å²) in [5.74, 6) is 2.75. The standard InChI is InChI=1S/C15H31N/c1-5-12(4)15(16-7-3)14-11-9-8-10-13(14)6-2/h12-16H,5-11H2,1-4H3. The molecule has 0 amide bonds. The Hall–Kier alpha value is -0.0400. The van der Waals surface area contributed by atoms with Gasteiger partial charge in [-0.3, -0.25) is 0 Å². The first-order valence-corrected chi connectivity index (χ1v) is 7.47. The van der Waals surface area contributed by atoms with E-state index in [9.17, 15) is 0 Å². The van der Waals surface area contributed by atoms with Crippen LogP contribution in [0.2, 0.25) is 0 Å². The number of rotatable bonds is 6. The molecule has 0 aliphatic heterocycles. The van der Waals surface area contributed by atoms with E-state index in [1.54, 1.807) is 0 Å². The number of hydrogen-bond acceptors (Lipinski definition) is 1. The molecule has 0 aromatic rings. The molecule has 0 radical (unpaired) electrons. The fourth-order valence-electron chi connectivity index (χ4n) is 3.48. The topological polar surface area (TPSA) is 12.0 Å². The molecule has 1 heteroatoms. The Labute approximate surface area is 102 Å². The van der Waals surface area contributed by atoms with E-state index in [4.69, 9.17) is 0 Å². The molecule has 0 heterocycles. The van der Waals surface area contributed by atoms with Gasteiger partial charge in [0.2, 0.25) is 0 Å². The molecule has 1 N–H and O–H groups in total. The first kappa shape index (κ1) is 14.0. The van der Waals surface area contributed by atoms with Crippen LogP contribution in [0.3, 0.4) is 0 Å². The monoisotopic (exact) mass is 225 g/mol. The highest BCUT2D eigenvalue weighted by atomic mass is 14.9. The molecule has 0 aromatic heterocycles. The zero-order chi connectivity index (χ0) is 12.0. The van der Waals surface area contributed by atoms with E-state index < -0.39 is 0 Å². The van der Waals surface area contributed by atoms with Crippen LogP contribution in [0.25, 0.3) is 0 Å². The molecule has 1 rings (SSSR count). The van der Waals surface area contributed by atoms with Gasteiger partial charge in [-0.1, -0.05) is 59.8 Å². The van der Waals surface area contributed by atoms with Crippen molar-refractivity contribution in [2.24, 2.45) is 17.8 Å². The third-order valence-electron chi connectivity index (χ3n) is 4.65. The Morgan fingerprint density at radius 3 is 2.38 bits per heavy atom. The van der Waals surface area contributed by atoms with Crippen molar-refractivity contribution < 1.29 is 0 Å². The Bertz CT molecular complexity index is 176. The minimum absolute atomic E-state index is 0.764. The van der Waals surface area contributed by atoms with Crippen molar-refractivity contribution in [1.82, 2.24) is 5.32 Å². The van der Waals surface area contributed by atoms with Crippen molar-refractivity contribution in [2.75, 3.05) is 6.54 Å². The van der Waals surface area contributed by atoms with Gasteiger partial charge in [0.1, 0.15) is 0 Å². The van der Waals surface area contributed by atoms with Crippen LogP contribution in [0.4, 0.5) is 0 Å². The summed E-state index contributed by atoms with van der Waals surface area (Å²) in [5, 5.41) is 3.77.